The number of aromatic nitrogens is 1. The number of nitrogens with zero attached hydrogens (tertiary/aromatic N) is 3. The fraction of sp³-hybridized carbons (Fsp3) is 0.192. The Balaban J connectivity index is 1.59. The molecular formula is C26H23F2N3O2S. The van der Waals surface area contributed by atoms with Gasteiger partial charge in [-0.15, -0.1) is 0 Å². The third-order valence-electron chi connectivity index (χ3n) is 6.18. The van der Waals surface area contributed by atoms with E-state index in [2.05, 4.69) is 4.98 Å². The maximum Gasteiger partial charge on any atom is 0.210 e. The number of rotatable bonds is 4. The van der Waals surface area contributed by atoms with Gasteiger partial charge in [0.05, 0.1) is 21.8 Å². The highest BCUT2D eigenvalue weighted by Gasteiger charge is 2.29. The maximum atomic E-state index is 14.3. The van der Waals surface area contributed by atoms with Gasteiger partial charge >= 0.3 is 0 Å². The molecule has 1 aliphatic heterocycles. The highest BCUT2D eigenvalue weighted by molar-refractivity contribution is 7.91. The van der Waals surface area contributed by atoms with Crippen LogP contribution in [0.3, 0.4) is 0 Å². The van der Waals surface area contributed by atoms with Crippen LogP contribution in [0.4, 0.5) is 20.2 Å². The minimum atomic E-state index is -3.91. The molecule has 0 saturated carbocycles. The summed E-state index contributed by atoms with van der Waals surface area (Å²) in [5.41, 5.74) is 2.40. The first-order valence-corrected chi connectivity index (χ1v) is 12.5. The summed E-state index contributed by atoms with van der Waals surface area (Å²) in [5, 5.41) is 0.438. The molecule has 174 valence electrons. The molecule has 1 aromatic heterocycles. The van der Waals surface area contributed by atoms with Gasteiger partial charge in [0.15, 0.2) is 0 Å². The Kier molecular flexibility index (Phi) is 5.69. The molecule has 0 aliphatic carbocycles. The van der Waals surface area contributed by atoms with Crippen LogP contribution in [0.5, 0.6) is 0 Å². The number of hydrogen-bond acceptors (Lipinski definition) is 5. The number of hydrogen-bond donors (Lipinski definition) is 0. The van der Waals surface area contributed by atoms with E-state index in [0.717, 1.165) is 5.56 Å². The molecule has 5 nitrogen and oxygen atoms in total. The molecule has 5 rings (SSSR count). The number of aryl methyl sites for hydroxylation is 1. The quantitative estimate of drug-likeness (QED) is 0.413. The van der Waals surface area contributed by atoms with E-state index >= 15 is 0 Å². The van der Waals surface area contributed by atoms with E-state index < -0.39 is 15.7 Å². The first-order valence-electron chi connectivity index (χ1n) is 11.0. The number of sulfone groups is 1. The lowest BCUT2D eigenvalue weighted by Crippen LogP contribution is -2.47. The van der Waals surface area contributed by atoms with E-state index in [9.17, 15) is 17.2 Å². The number of fused-ring (bicyclic) bond motifs is 1. The predicted molar refractivity (Wildman–Crippen MR) is 129 cm³/mol. The van der Waals surface area contributed by atoms with Gasteiger partial charge in [0, 0.05) is 37.8 Å². The summed E-state index contributed by atoms with van der Waals surface area (Å²) in [6.45, 7) is 3.76. The van der Waals surface area contributed by atoms with Gasteiger partial charge in [0.25, 0.3) is 0 Å². The molecular weight excluding hydrogens is 456 g/mol. The second-order valence-electron chi connectivity index (χ2n) is 8.37. The van der Waals surface area contributed by atoms with Crippen LogP contribution in [0.15, 0.2) is 82.7 Å². The van der Waals surface area contributed by atoms with Crippen LogP contribution < -0.4 is 9.80 Å². The summed E-state index contributed by atoms with van der Waals surface area (Å²) < 4.78 is 55.9. The molecule has 2 heterocycles. The van der Waals surface area contributed by atoms with Crippen molar-refractivity contribution in [2.45, 2.75) is 16.7 Å². The number of halogens is 2. The van der Waals surface area contributed by atoms with Crippen LogP contribution in [0.2, 0.25) is 0 Å². The Morgan fingerprint density at radius 2 is 1.53 bits per heavy atom. The summed E-state index contributed by atoms with van der Waals surface area (Å²) in [7, 11) is -3.91. The van der Waals surface area contributed by atoms with Crippen molar-refractivity contribution in [1.29, 1.82) is 0 Å². The average molecular weight is 480 g/mol. The highest BCUT2D eigenvalue weighted by atomic mass is 32.2. The molecule has 0 radical (unpaired) electrons. The Labute approximate surface area is 197 Å². The largest absolute Gasteiger partial charge is 0.366 e. The van der Waals surface area contributed by atoms with Crippen molar-refractivity contribution in [3.8, 4) is 0 Å². The molecule has 1 aliphatic rings. The van der Waals surface area contributed by atoms with Crippen molar-refractivity contribution in [1.82, 2.24) is 4.98 Å². The smallest absolute Gasteiger partial charge is 0.210 e. The second-order valence-corrected chi connectivity index (χ2v) is 10.3. The molecule has 0 N–H and O–H groups in total. The fourth-order valence-electron chi connectivity index (χ4n) is 4.38. The summed E-state index contributed by atoms with van der Waals surface area (Å²) in [6.07, 6.45) is 1.36. The van der Waals surface area contributed by atoms with Gasteiger partial charge in [-0.1, -0.05) is 29.8 Å². The Morgan fingerprint density at radius 1 is 0.853 bits per heavy atom. The number of piperazine rings is 1. The van der Waals surface area contributed by atoms with Crippen molar-refractivity contribution < 1.29 is 17.2 Å². The monoisotopic (exact) mass is 479 g/mol. The molecule has 0 bridgehead atoms. The van der Waals surface area contributed by atoms with Crippen molar-refractivity contribution in [2.75, 3.05) is 36.0 Å². The molecule has 8 heteroatoms. The third-order valence-corrected chi connectivity index (χ3v) is 7.95. The Hall–Kier alpha value is -3.52. The van der Waals surface area contributed by atoms with Gasteiger partial charge < -0.3 is 9.80 Å². The SMILES string of the molecule is Cc1ccc(S(=O)(=O)c2cnc3ccc(F)cc3c2N2CCN(c3ccccc3F)CC2)cc1. The topological polar surface area (TPSA) is 53.5 Å². The number of pyridine rings is 1. The fourth-order valence-corrected chi connectivity index (χ4v) is 5.81. The molecule has 0 unspecified atom stereocenters. The summed E-state index contributed by atoms with van der Waals surface area (Å²) in [5.74, 6) is -0.763. The number of benzene rings is 3. The lowest BCUT2D eigenvalue weighted by Gasteiger charge is -2.38. The Bertz CT molecular complexity index is 1470. The first-order chi connectivity index (χ1) is 16.3. The highest BCUT2D eigenvalue weighted by Crippen LogP contribution is 2.37. The normalized spacial score (nSPS) is 14.6. The van der Waals surface area contributed by atoms with Crippen molar-refractivity contribution >= 4 is 32.1 Å². The van der Waals surface area contributed by atoms with Crippen LogP contribution in [0, 0.1) is 18.6 Å². The van der Waals surface area contributed by atoms with Crippen LogP contribution in [-0.4, -0.2) is 39.6 Å². The van der Waals surface area contributed by atoms with Gasteiger partial charge in [0.1, 0.15) is 16.5 Å². The van der Waals surface area contributed by atoms with Gasteiger partial charge in [-0.05, 0) is 49.4 Å². The molecule has 34 heavy (non-hydrogen) atoms. The van der Waals surface area contributed by atoms with Crippen molar-refractivity contribution in [3.63, 3.8) is 0 Å². The summed E-state index contributed by atoms with van der Waals surface area (Å²) in [4.78, 5) is 8.39. The van der Waals surface area contributed by atoms with Gasteiger partial charge in [-0.3, -0.25) is 4.98 Å². The average Bonchev–Trinajstić information content (AvgIpc) is 2.84. The van der Waals surface area contributed by atoms with E-state index in [1.54, 1.807) is 48.5 Å². The van der Waals surface area contributed by atoms with E-state index in [4.69, 9.17) is 0 Å². The molecule has 1 fully saturated rings. The zero-order valence-electron chi connectivity index (χ0n) is 18.6. The molecule has 0 atom stereocenters. The molecule has 0 amide bonds. The zero-order chi connectivity index (χ0) is 23.9. The van der Waals surface area contributed by atoms with Crippen LogP contribution in [-0.2, 0) is 9.84 Å². The number of anilines is 2. The van der Waals surface area contributed by atoms with Gasteiger partial charge in [-0.2, -0.15) is 0 Å². The molecule has 1 saturated heterocycles. The van der Waals surface area contributed by atoms with Gasteiger partial charge in [-0.25, -0.2) is 17.2 Å². The summed E-state index contributed by atoms with van der Waals surface area (Å²) in [6, 6.07) is 17.4. The van der Waals surface area contributed by atoms with E-state index in [1.807, 2.05) is 16.7 Å². The Morgan fingerprint density at radius 3 is 2.24 bits per heavy atom. The van der Waals surface area contributed by atoms with Crippen molar-refractivity contribution in [2.24, 2.45) is 0 Å². The maximum absolute atomic E-state index is 14.3. The number of para-hydroxylation sites is 1. The second kappa shape index (κ2) is 8.68. The standard InChI is InChI=1S/C26H23F2N3O2S/c1-18-6-9-20(10-7-18)34(32,33)25-17-29-23-11-8-19(27)16-21(23)26(25)31-14-12-30(13-15-31)24-5-3-2-4-22(24)28/h2-11,16-17H,12-15H2,1H3. The van der Waals surface area contributed by atoms with Crippen LogP contribution >= 0.6 is 0 Å². The van der Waals surface area contributed by atoms with Gasteiger partial charge in [0.2, 0.25) is 9.84 Å². The molecule has 0 spiro atoms. The van der Waals surface area contributed by atoms with E-state index in [-0.39, 0.29) is 15.6 Å². The summed E-state index contributed by atoms with van der Waals surface area (Å²) >= 11 is 0. The lowest BCUT2D eigenvalue weighted by molar-refractivity contribution is 0.590. The van der Waals surface area contributed by atoms with Crippen molar-refractivity contribution in [3.05, 3.63) is 90.1 Å². The van der Waals surface area contributed by atoms with E-state index in [1.165, 1.54) is 24.4 Å². The third kappa shape index (κ3) is 3.98. The predicted octanol–water partition coefficient (Wildman–Crippen LogP) is 4.98. The zero-order valence-corrected chi connectivity index (χ0v) is 19.4. The molecule has 3 aromatic carbocycles. The van der Waals surface area contributed by atoms with E-state index in [0.29, 0.717) is 48.5 Å². The minimum Gasteiger partial charge on any atom is -0.366 e. The van der Waals surface area contributed by atoms with Crippen LogP contribution in [0.1, 0.15) is 5.56 Å². The van der Waals surface area contributed by atoms with Crippen LogP contribution in [0.25, 0.3) is 10.9 Å². The minimum absolute atomic E-state index is 0.0359. The molecule has 4 aromatic rings. The first kappa shape index (κ1) is 22.3. The lowest BCUT2D eigenvalue weighted by atomic mass is 10.1.